The maximum atomic E-state index is 12.5. The number of hydrogen-bond acceptors (Lipinski definition) is 5. The second-order valence-corrected chi connectivity index (χ2v) is 6.32. The van der Waals surface area contributed by atoms with Gasteiger partial charge in [-0.1, -0.05) is 18.2 Å². The van der Waals surface area contributed by atoms with Crippen LogP contribution in [0.1, 0.15) is 21.5 Å². The summed E-state index contributed by atoms with van der Waals surface area (Å²) in [5.74, 6) is 1.31. The highest BCUT2D eigenvalue weighted by Crippen LogP contribution is 2.28. The van der Waals surface area contributed by atoms with Gasteiger partial charge in [-0.05, 0) is 48.4 Å². The lowest BCUT2D eigenvalue weighted by atomic mass is 10.2. The predicted octanol–water partition coefficient (Wildman–Crippen LogP) is 4.08. The summed E-state index contributed by atoms with van der Waals surface area (Å²) in [4.78, 5) is 16.7. The lowest BCUT2D eigenvalue weighted by molar-refractivity contribution is 0.0950. The van der Waals surface area contributed by atoms with Crippen LogP contribution in [-0.2, 0) is 6.54 Å². The average molecular weight is 377 g/mol. The first kappa shape index (κ1) is 19.2. The summed E-state index contributed by atoms with van der Waals surface area (Å²) in [5.41, 5.74) is 4.09. The molecule has 0 radical (unpaired) electrons. The first-order valence-electron chi connectivity index (χ1n) is 8.87. The molecule has 2 N–H and O–H groups in total. The monoisotopic (exact) mass is 377 g/mol. The first-order valence-corrected chi connectivity index (χ1v) is 8.87. The number of carbonyl (C=O) groups is 1. The summed E-state index contributed by atoms with van der Waals surface area (Å²) >= 11 is 0. The number of nitrogens with zero attached hydrogens (tertiary/aromatic N) is 1. The van der Waals surface area contributed by atoms with E-state index >= 15 is 0 Å². The molecule has 6 heteroatoms. The molecule has 2 aromatic carbocycles. The Labute approximate surface area is 164 Å². The fourth-order valence-corrected chi connectivity index (χ4v) is 2.74. The molecule has 0 saturated carbocycles. The number of carbonyl (C=O) groups excluding carboxylic acids is 1. The summed E-state index contributed by atoms with van der Waals surface area (Å²) in [6.07, 6.45) is 3.21. The van der Waals surface area contributed by atoms with Gasteiger partial charge >= 0.3 is 0 Å². The van der Waals surface area contributed by atoms with E-state index in [2.05, 4.69) is 15.6 Å². The Morgan fingerprint density at radius 1 is 1.00 bits per heavy atom. The third-order valence-corrected chi connectivity index (χ3v) is 4.25. The molecule has 3 aromatic rings. The van der Waals surface area contributed by atoms with E-state index in [1.807, 2.05) is 49.4 Å². The van der Waals surface area contributed by atoms with Gasteiger partial charge in [0, 0.05) is 12.7 Å². The van der Waals surface area contributed by atoms with Crippen LogP contribution in [0.25, 0.3) is 0 Å². The van der Waals surface area contributed by atoms with Gasteiger partial charge in [-0.3, -0.25) is 9.78 Å². The van der Waals surface area contributed by atoms with Crippen molar-refractivity contribution in [2.45, 2.75) is 13.5 Å². The van der Waals surface area contributed by atoms with Gasteiger partial charge in [0.2, 0.25) is 0 Å². The smallest absolute Gasteiger partial charge is 0.253 e. The third-order valence-electron chi connectivity index (χ3n) is 4.25. The molecule has 0 aliphatic carbocycles. The zero-order valence-corrected chi connectivity index (χ0v) is 16.2. The number of anilines is 2. The molecule has 0 atom stereocenters. The molecule has 1 amide bonds. The number of methoxy groups -OCH3 is 2. The molecule has 3 rings (SSSR count). The molecular weight excluding hydrogens is 354 g/mol. The van der Waals surface area contributed by atoms with Crippen LogP contribution in [-0.4, -0.2) is 25.1 Å². The standard InChI is InChI=1S/C22H23N3O3/c1-15-4-9-21(28-3)20(10-15)25-18-11-17(13-23-14-18)22(26)24-12-16-5-7-19(27-2)8-6-16/h4-11,13-14,25H,12H2,1-3H3,(H,24,26). The molecule has 0 aliphatic rings. The van der Waals surface area contributed by atoms with Crippen LogP contribution in [0.5, 0.6) is 11.5 Å². The van der Waals surface area contributed by atoms with Crippen molar-refractivity contribution in [2.75, 3.05) is 19.5 Å². The second kappa shape index (κ2) is 8.90. The molecular formula is C22H23N3O3. The molecule has 144 valence electrons. The number of aromatic nitrogens is 1. The molecule has 0 unspecified atom stereocenters. The Morgan fingerprint density at radius 3 is 2.50 bits per heavy atom. The molecule has 0 saturated heterocycles. The minimum absolute atomic E-state index is 0.192. The summed E-state index contributed by atoms with van der Waals surface area (Å²) in [6.45, 7) is 2.43. The zero-order chi connectivity index (χ0) is 19.9. The molecule has 28 heavy (non-hydrogen) atoms. The van der Waals surface area contributed by atoms with E-state index < -0.39 is 0 Å². The van der Waals surface area contributed by atoms with Gasteiger partial charge in [0.15, 0.2) is 0 Å². The van der Waals surface area contributed by atoms with Crippen LogP contribution in [0, 0.1) is 6.92 Å². The molecule has 0 bridgehead atoms. The molecule has 1 aromatic heterocycles. The number of ether oxygens (including phenoxy) is 2. The van der Waals surface area contributed by atoms with Gasteiger partial charge in [0.05, 0.1) is 37.4 Å². The van der Waals surface area contributed by atoms with Crippen LogP contribution < -0.4 is 20.1 Å². The molecule has 6 nitrogen and oxygen atoms in total. The Hall–Kier alpha value is -3.54. The third kappa shape index (κ3) is 4.79. The van der Waals surface area contributed by atoms with Crippen molar-refractivity contribution in [1.29, 1.82) is 0 Å². The first-order chi connectivity index (χ1) is 13.6. The number of pyridine rings is 1. The van der Waals surface area contributed by atoms with Gasteiger partial charge in [-0.25, -0.2) is 0 Å². The number of aryl methyl sites for hydroxylation is 1. The van der Waals surface area contributed by atoms with Crippen LogP contribution in [0.2, 0.25) is 0 Å². The van der Waals surface area contributed by atoms with Gasteiger partial charge < -0.3 is 20.1 Å². The molecule has 0 fully saturated rings. The SMILES string of the molecule is COc1ccc(CNC(=O)c2cncc(Nc3cc(C)ccc3OC)c2)cc1. The summed E-state index contributed by atoms with van der Waals surface area (Å²) in [5, 5.41) is 6.17. The van der Waals surface area contributed by atoms with Crippen molar-refractivity contribution < 1.29 is 14.3 Å². The van der Waals surface area contributed by atoms with Crippen molar-refractivity contribution in [3.05, 3.63) is 77.6 Å². The second-order valence-electron chi connectivity index (χ2n) is 6.32. The average Bonchev–Trinajstić information content (AvgIpc) is 2.73. The summed E-state index contributed by atoms with van der Waals surface area (Å²) < 4.78 is 10.5. The Balaban J connectivity index is 1.68. The minimum Gasteiger partial charge on any atom is -0.497 e. The topological polar surface area (TPSA) is 72.5 Å². The highest BCUT2D eigenvalue weighted by Gasteiger charge is 2.09. The van der Waals surface area contributed by atoms with Crippen LogP contribution in [0.15, 0.2) is 60.9 Å². The number of amides is 1. The quantitative estimate of drug-likeness (QED) is 0.649. The van der Waals surface area contributed by atoms with Crippen molar-refractivity contribution in [2.24, 2.45) is 0 Å². The highest BCUT2D eigenvalue weighted by atomic mass is 16.5. The highest BCUT2D eigenvalue weighted by molar-refractivity contribution is 5.94. The maximum absolute atomic E-state index is 12.5. The van der Waals surface area contributed by atoms with Crippen molar-refractivity contribution in [3.8, 4) is 11.5 Å². The van der Waals surface area contributed by atoms with Crippen LogP contribution >= 0.6 is 0 Å². The number of hydrogen-bond donors (Lipinski definition) is 2. The fourth-order valence-electron chi connectivity index (χ4n) is 2.74. The largest absolute Gasteiger partial charge is 0.497 e. The molecule has 0 spiro atoms. The van der Waals surface area contributed by atoms with Gasteiger partial charge in [-0.2, -0.15) is 0 Å². The molecule has 0 aliphatic heterocycles. The van der Waals surface area contributed by atoms with Crippen LogP contribution in [0.4, 0.5) is 11.4 Å². The van der Waals surface area contributed by atoms with E-state index in [0.717, 1.165) is 28.3 Å². The Bertz CT molecular complexity index is 955. The number of benzene rings is 2. The van der Waals surface area contributed by atoms with Gasteiger partial charge in [0.25, 0.3) is 5.91 Å². The predicted molar refractivity (Wildman–Crippen MR) is 109 cm³/mol. The van der Waals surface area contributed by atoms with E-state index in [9.17, 15) is 4.79 Å². The molecule has 1 heterocycles. The van der Waals surface area contributed by atoms with Crippen molar-refractivity contribution in [3.63, 3.8) is 0 Å². The van der Waals surface area contributed by atoms with Crippen molar-refractivity contribution >= 4 is 17.3 Å². The van der Waals surface area contributed by atoms with Gasteiger partial charge in [0.1, 0.15) is 11.5 Å². The lowest BCUT2D eigenvalue weighted by Gasteiger charge is -2.12. The zero-order valence-electron chi connectivity index (χ0n) is 16.2. The Kier molecular flexibility index (Phi) is 6.11. The number of nitrogens with one attached hydrogen (secondary N) is 2. The van der Waals surface area contributed by atoms with Crippen LogP contribution in [0.3, 0.4) is 0 Å². The summed E-state index contributed by atoms with van der Waals surface area (Å²) in [6, 6.07) is 15.2. The normalized spacial score (nSPS) is 10.2. The lowest BCUT2D eigenvalue weighted by Crippen LogP contribution is -2.23. The fraction of sp³-hybridized carbons (Fsp3) is 0.182. The summed E-state index contributed by atoms with van der Waals surface area (Å²) in [7, 11) is 3.24. The Morgan fingerprint density at radius 2 is 1.79 bits per heavy atom. The van der Waals surface area contributed by atoms with E-state index in [0.29, 0.717) is 17.8 Å². The minimum atomic E-state index is -0.192. The van der Waals surface area contributed by atoms with Gasteiger partial charge in [-0.15, -0.1) is 0 Å². The van der Waals surface area contributed by atoms with E-state index in [4.69, 9.17) is 9.47 Å². The van der Waals surface area contributed by atoms with Crippen molar-refractivity contribution in [1.82, 2.24) is 10.3 Å². The van der Waals surface area contributed by atoms with E-state index in [-0.39, 0.29) is 5.91 Å². The van der Waals surface area contributed by atoms with E-state index in [1.54, 1.807) is 32.7 Å². The van der Waals surface area contributed by atoms with E-state index in [1.165, 1.54) is 0 Å². The maximum Gasteiger partial charge on any atom is 0.253 e. The number of rotatable bonds is 7.